The highest BCUT2D eigenvalue weighted by Gasteiger charge is 2.26. The lowest BCUT2D eigenvalue weighted by atomic mass is 9.89. The van der Waals surface area contributed by atoms with E-state index in [0.29, 0.717) is 6.07 Å². The lowest BCUT2D eigenvalue weighted by Gasteiger charge is -2.22. The second-order valence-corrected chi connectivity index (χ2v) is 6.40. The molecular formula is C18H21F3N2O4. The van der Waals surface area contributed by atoms with Crippen LogP contribution in [0.15, 0.2) is 12.1 Å². The van der Waals surface area contributed by atoms with Gasteiger partial charge in [0.2, 0.25) is 5.91 Å². The van der Waals surface area contributed by atoms with Crippen molar-refractivity contribution in [2.75, 3.05) is 11.9 Å². The van der Waals surface area contributed by atoms with Gasteiger partial charge in [0.15, 0.2) is 23.6 Å². The number of nitrogens with one attached hydrogen (secondary N) is 2. The Labute approximate surface area is 154 Å². The van der Waals surface area contributed by atoms with Crippen LogP contribution < -0.4 is 10.6 Å². The summed E-state index contributed by atoms with van der Waals surface area (Å²) in [5.74, 6) is -6.82. The smallest absolute Gasteiger partial charge is 0.309 e. The van der Waals surface area contributed by atoms with Gasteiger partial charge in [-0.25, -0.2) is 13.2 Å². The second-order valence-electron chi connectivity index (χ2n) is 6.40. The van der Waals surface area contributed by atoms with Crippen molar-refractivity contribution in [3.05, 3.63) is 29.6 Å². The molecule has 27 heavy (non-hydrogen) atoms. The topological polar surface area (TPSA) is 84.5 Å². The number of carbonyl (C=O) groups excluding carboxylic acids is 3. The normalized spacial score (nSPS) is 15.7. The maximum Gasteiger partial charge on any atom is 0.309 e. The highest BCUT2D eigenvalue weighted by molar-refractivity contribution is 5.95. The van der Waals surface area contributed by atoms with Gasteiger partial charge in [-0.15, -0.1) is 0 Å². The molecule has 0 heterocycles. The first-order valence-corrected chi connectivity index (χ1v) is 8.71. The van der Waals surface area contributed by atoms with E-state index in [1.165, 1.54) is 6.92 Å². The summed E-state index contributed by atoms with van der Waals surface area (Å²) in [7, 11) is 0. The Morgan fingerprint density at radius 2 is 1.78 bits per heavy atom. The van der Waals surface area contributed by atoms with Crippen molar-refractivity contribution in [3.63, 3.8) is 0 Å². The Morgan fingerprint density at radius 3 is 2.44 bits per heavy atom. The SMILES string of the molecule is CC(OC(=O)C1CCCCC1)C(=O)NCC(=O)Nc1ccc(F)c(F)c1F. The minimum Gasteiger partial charge on any atom is -0.452 e. The average molecular weight is 386 g/mol. The summed E-state index contributed by atoms with van der Waals surface area (Å²) in [6, 6.07) is 1.53. The molecule has 2 rings (SSSR count). The highest BCUT2D eigenvalue weighted by Crippen LogP contribution is 2.25. The molecule has 0 aliphatic heterocycles. The summed E-state index contributed by atoms with van der Waals surface area (Å²) in [6.07, 6.45) is 3.34. The van der Waals surface area contributed by atoms with Gasteiger partial charge in [-0.1, -0.05) is 19.3 Å². The van der Waals surface area contributed by atoms with Crippen LogP contribution in [0.25, 0.3) is 0 Å². The monoisotopic (exact) mass is 386 g/mol. The van der Waals surface area contributed by atoms with Crippen LogP contribution in [0.4, 0.5) is 18.9 Å². The van der Waals surface area contributed by atoms with E-state index in [1.54, 1.807) is 0 Å². The molecule has 1 aromatic rings. The van der Waals surface area contributed by atoms with Crippen LogP contribution in [-0.4, -0.2) is 30.4 Å². The zero-order valence-corrected chi connectivity index (χ0v) is 14.8. The molecule has 1 aliphatic carbocycles. The minimum absolute atomic E-state index is 0.214. The van der Waals surface area contributed by atoms with Gasteiger partial charge in [-0.05, 0) is 31.9 Å². The van der Waals surface area contributed by atoms with Gasteiger partial charge in [-0.2, -0.15) is 0 Å². The number of hydrogen-bond acceptors (Lipinski definition) is 4. The van der Waals surface area contributed by atoms with Gasteiger partial charge in [0.1, 0.15) is 0 Å². The van der Waals surface area contributed by atoms with Gasteiger partial charge < -0.3 is 15.4 Å². The van der Waals surface area contributed by atoms with Crippen molar-refractivity contribution in [2.45, 2.75) is 45.1 Å². The van der Waals surface area contributed by atoms with Crippen LogP contribution in [0.1, 0.15) is 39.0 Å². The highest BCUT2D eigenvalue weighted by atomic mass is 19.2. The summed E-state index contributed by atoms with van der Waals surface area (Å²) >= 11 is 0. The van der Waals surface area contributed by atoms with E-state index in [-0.39, 0.29) is 5.92 Å². The van der Waals surface area contributed by atoms with Crippen molar-refractivity contribution < 1.29 is 32.3 Å². The van der Waals surface area contributed by atoms with Gasteiger partial charge in [-0.3, -0.25) is 14.4 Å². The van der Waals surface area contributed by atoms with Crippen LogP contribution in [0.2, 0.25) is 0 Å². The number of anilines is 1. The molecular weight excluding hydrogens is 365 g/mol. The molecule has 6 nitrogen and oxygen atoms in total. The summed E-state index contributed by atoms with van der Waals surface area (Å²) in [6.45, 7) is 0.825. The van der Waals surface area contributed by atoms with Crippen LogP contribution in [-0.2, 0) is 19.1 Å². The van der Waals surface area contributed by atoms with Crippen molar-refractivity contribution in [1.82, 2.24) is 5.32 Å². The Balaban J connectivity index is 1.79. The number of esters is 1. The minimum atomic E-state index is -1.71. The number of hydrogen-bond donors (Lipinski definition) is 2. The summed E-state index contributed by atoms with van der Waals surface area (Å²) in [4.78, 5) is 35.7. The third kappa shape index (κ3) is 5.70. The van der Waals surface area contributed by atoms with Crippen LogP contribution in [0, 0.1) is 23.4 Å². The number of rotatable bonds is 6. The van der Waals surface area contributed by atoms with Gasteiger partial charge in [0, 0.05) is 0 Å². The van der Waals surface area contributed by atoms with Crippen LogP contribution in [0.3, 0.4) is 0 Å². The lowest BCUT2D eigenvalue weighted by molar-refractivity contribution is -0.159. The van der Waals surface area contributed by atoms with E-state index in [2.05, 4.69) is 5.32 Å². The van der Waals surface area contributed by atoms with Crippen molar-refractivity contribution in [1.29, 1.82) is 0 Å². The first-order chi connectivity index (χ1) is 12.8. The van der Waals surface area contributed by atoms with Crippen LogP contribution >= 0.6 is 0 Å². The molecule has 9 heteroatoms. The van der Waals surface area contributed by atoms with E-state index in [1.807, 2.05) is 5.32 Å². The zero-order chi connectivity index (χ0) is 20.0. The molecule has 1 fully saturated rings. The third-order valence-corrected chi connectivity index (χ3v) is 4.33. The summed E-state index contributed by atoms with van der Waals surface area (Å²) < 4.78 is 44.6. The largest absolute Gasteiger partial charge is 0.452 e. The van der Waals surface area contributed by atoms with E-state index in [9.17, 15) is 27.6 Å². The van der Waals surface area contributed by atoms with Gasteiger partial charge >= 0.3 is 5.97 Å². The van der Waals surface area contributed by atoms with E-state index >= 15 is 0 Å². The number of halogens is 3. The predicted octanol–water partition coefficient (Wildman–Crippen LogP) is 2.67. The van der Waals surface area contributed by atoms with E-state index in [0.717, 1.165) is 38.2 Å². The quantitative estimate of drug-likeness (QED) is 0.582. The molecule has 1 aromatic carbocycles. The average Bonchev–Trinajstić information content (AvgIpc) is 2.67. The van der Waals surface area contributed by atoms with Gasteiger partial charge in [0.25, 0.3) is 5.91 Å². The molecule has 1 atom stereocenters. The van der Waals surface area contributed by atoms with E-state index < -0.39 is 53.6 Å². The first-order valence-electron chi connectivity index (χ1n) is 8.71. The number of benzene rings is 1. The fourth-order valence-corrected chi connectivity index (χ4v) is 2.79. The van der Waals surface area contributed by atoms with Gasteiger partial charge in [0.05, 0.1) is 18.2 Å². The van der Waals surface area contributed by atoms with Crippen molar-refractivity contribution >= 4 is 23.5 Å². The molecule has 148 valence electrons. The number of ether oxygens (including phenoxy) is 1. The summed E-state index contributed by atoms with van der Waals surface area (Å²) in [5.41, 5.74) is -0.551. The molecule has 0 saturated heterocycles. The lowest BCUT2D eigenvalue weighted by Crippen LogP contribution is -2.41. The molecule has 1 unspecified atom stereocenters. The Hall–Kier alpha value is -2.58. The molecule has 0 aromatic heterocycles. The molecule has 0 bridgehead atoms. The maximum atomic E-state index is 13.5. The molecule has 1 aliphatic rings. The zero-order valence-electron chi connectivity index (χ0n) is 14.8. The van der Waals surface area contributed by atoms with E-state index in [4.69, 9.17) is 4.74 Å². The number of amides is 2. The molecule has 0 spiro atoms. The Kier molecular flexibility index (Phi) is 7.20. The second kappa shape index (κ2) is 9.38. The fraction of sp³-hybridized carbons (Fsp3) is 0.500. The molecule has 0 radical (unpaired) electrons. The molecule has 1 saturated carbocycles. The maximum absolute atomic E-state index is 13.5. The Morgan fingerprint density at radius 1 is 1.11 bits per heavy atom. The molecule has 2 N–H and O–H groups in total. The molecule has 2 amide bonds. The number of carbonyl (C=O) groups is 3. The van der Waals surface area contributed by atoms with Crippen LogP contribution in [0.5, 0.6) is 0 Å². The third-order valence-electron chi connectivity index (χ3n) is 4.33. The standard InChI is InChI=1S/C18H21F3N2O4/c1-10(27-18(26)11-5-3-2-4-6-11)17(25)22-9-14(24)23-13-8-7-12(19)15(20)16(13)21/h7-8,10-11H,2-6,9H2,1H3,(H,22,25)(H,23,24). The first kappa shape index (κ1) is 20.7. The summed E-state index contributed by atoms with van der Waals surface area (Å²) in [5, 5.41) is 4.26. The predicted molar refractivity (Wildman–Crippen MR) is 90.1 cm³/mol. The van der Waals surface area contributed by atoms with Crippen molar-refractivity contribution in [3.8, 4) is 0 Å². The van der Waals surface area contributed by atoms with Crippen molar-refractivity contribution in [2.24, 2.45) is 5.92 Å². The Bertz CT molecular complexity index is 721. The fourth-order valence-electron chi connectivity index (χ4n) is 2.79.